The van der Waals surface area contributed by atoms with Crippen molar-refractivity contribution >= 4 is 16.5 Å². The van der Waals surface area contributed by atoms with Gasteiger partial charge in [0, 0.05) is 4.88 Å². The van der Waals surface area contributed by atoms with Gasteiger partial charge in [0.2, 0.25) is 0 Å². The van der Waals surface area contributed by atoms with Crippen LogP contribution in [0.2, 0.25) is 0 Å². The van der Waals surface area contributed by atoms with Gasteiger partial charge in [0.1, 0.15) is 0 Å². The highest BCUT2D eigenvalue weighted by atomic mass is 32.1. The number of aromatic nitrogens is 1. The molecule has 3 heteroatoms. The lowest BCUT2D eigenvalue weighted by Gasteiger charge is -2.39. The van der Waals surface area contributed by atoms with E-state index in [0.717, 1.165) is 5.13 Å². The Hall–Kier alpha value is -0.570. The smallest absolute Gasteiger partial charge is 0.180 e. The van der Waals surface area contributed by atoms with Crippen LogP contribution in [-0.2, 0) is 12.8 Å². The maximum Gasteiger partial charge on any atom is 0.180 e. The molecule has 0 bridgehead atoms. The third-order valence-electron chi connectivity index (χ3n) is 4.14. The number of rotatable bonds is 0. The Bertz CT molecular complexity index is 364. The normalized spacial score (nSPS) is 24.0. The topological polar surface area (TPSA) is 38.9 Å². The van der Waals surface area contributed by atoms with Crippen LogP contribution in [0.4, 0.5) is 5.13 Å². The van der Waals surface area contributed by atoms with Crippen molar-refractivity contribution in [2.45, 2.75) is 51.4 Å². The van der Waals surface area contributed by atoms with Gasteiger partial charge >= 0.3 is 0 Å². The van der Waals surface area contributed by atoms with E-state index in [1.165, 1.54) is 61.9 Å². The van der Waals surface area contributed by atoms with Crippen LogP contribution >= 0.6 is 11.3 Å². The minimum atomic E-state index is 0.629. The highest BCUT2D eigenvalue weighted by Crippen LogP contribution is 2.47. The first kappa shape index (κ1) is 9.64. The van der Waals surface area contributed by atoms with Crippen molar-refractivity contribution in [3.63, 3.8) is 0 Å². The Balaban J connectivity index is 1.86. The molecule has 0 amide bonds. The van der Waals surface area contributed by atoms with Crippen LogP contribution in [0.5, 0.6) is 0 Å². The van der Waals surface area contributed by atoms with Crippen LogP contribution in [0.3, 0.4) is 0 Å². The molecular formula is C12H18N2S. The zero-order valence-corrected chi connectivity index (χ0v) is 9.91. The highest BCUT2D eigenvalue weighted by Gasteiger charge is 2.36. The third-order valence-corrected chi connectivity index (χ3v) is 5.06. The molecule has 2 aliphatic carbocycles. The van der Waals surface area contributed by atoms with Crippen LogP contribution in [0.15, 0.2) is 0 Å². The Kier molecular flexibility index (Phi) is 2.23. The molecule has 1 saturated carbocycles. The fourth-order valence-corrected chi connectivity index (χ4v) is 4.33. The number of hydrogen-bond acceptors (Lipinski definition) is 3. The largest absolute Gasteiger partial charge is 0.375 e. The predicted octanol–water partition coefficient (Wildman–Crippen LogP) is 3.16. The Labute approximate surface area is 94.9 Å². The molecule has 2 N–H and O–H groups in total. The number of thiazole rings is 1. The summed E-state index contributed by atoms with van der Waals surface area (Å²) in [5.74, 6) is 0. The van der Waals surface area contributed by atoms with Gasteiger partial charge in [-0.3, -0.25) is 0 Å². The Morgan fingerprint density at radius 1 is 1.13 bits per heavy atom. The predicted molar refractivity (Wildman–Crippen MR) is 64.1 cm³/mol. The number of aryl methyl sites for hydroxylation is 1. The third kappa shape index (κ3) is 1.67. The number of fused-ring (bicyclic) bond motifs is 1. The van der Waals surface area contributed by atoms with Gasteiger partial charge < -0.3 is 5.73 Å². The molecular weight excluding hydrogens is 204 g/mol. The molecule has 2 aliphatic rings. The molecule has 15 heavy (non-hydrogen) atoms. The lowest BCUT2D eigenvalue weighted by atomic mass is 9.66. The number of nitrogens with zero attached hydrogens (tertiary/aromatic N) is 1. The monoisotopic (exact) mass is 222 g/mol. The number of hydrogen-bond donors (Lipinski definition) is 1. The van der Waals surface area contributed by atoms with Crippen molar-refractivity contribution in [2.24, 2.45) is 5.41 Å². The molecule has 3 rings (SSSR count). The van der Waals surface area contributed by atoms with Crippen LogP contribution in [0.1, 0.15) is 49.1 Å². The first-order chi connectivity index (χ1) is 7.27. The van der Waals surface area contributed by atoms with Crippen molar-refractivity contribution in [1.29, 1.82) is 0 Å². The van der Waals surface area contributed by atoms with E-state index in [1.807, 2.05) is 0 Å². The van der Waals surface area contributed by atoms with E-state index in [-0.39, 0.29) is 0 Å². The number of nitrogens with two attached hydrogens (primary N) is 1. The second-order valence-corrected chi connectivity index (χ2v) is 6.27. The summed E-state index contributed by atoms with van der Waals surface area (Å²) in [7, 11) is 0. The van der Waals surface area contributed by atoms with E-state index in [1.54, 1.807) is 11.3 Å². The van der Waals surface area contributed by atoms with E-state index in [9.17, 15) is 0 Å². The summed E-state index contributed by atoms with van der Waals surface area (Å²) in [4.78, 5) is 5.91. The van der Waals surface area contributed by atoms with E-state index < -0.39 is 0 Å². The van der Waals surface area contributed by atoms with Gasteiger partial charge in [0.05, 0.1) is 5.69 Å². The molecule has 0 saturated heterocycles. The second kappa shape index (κ2) is 3.48. The standard InChI is InChI=1S/C12H18N2S/c13-11-14-9-4-7-12(8-10(9)15-11)5-2-1-3-6-12/h1-8H2,(H2,13,14). The van der Waals surface area contributed by atoms with Gasteiger partial charge in [-0.05, 0) is 37.5 Å². The Morgan fingerprint density at radius 3 is 2.73 bits per heavy atom. The van der Waals surface area contributed by atoms with Crippen molar-refractivity contribution in [2.75, 3.05) is 5.73 Å². The zero-order valence-electron chi connectivity index (χ0n) is 9.09. The number of nitrogen functional groups attached to an aromatic ring is 1. The second-order valence-electron chi connectivity index (χ2n) is 5.16. The molecule has 0 aliphatic heterocycles. The van der Waals surface area contributed by atoms with E-state index in [4.69, 9.17) is 5.73 Å². The van der Waals surface area contributed by atoms with Crippen LogP contribution in [0, 0.1) is 5.41 Å². The number of anilines is 1. The molecule has 1 aromatic rings. The minimum Gasteiger partial charge on any atom is -0.375 e. The van der Waals surface area contributed by atoms with E-state index in [0.29, 0.717) is 5.41 Å². The fourth-order valence-electron chi connectivity index (χ4n) is 3.28. The maximum absolute atomic E-state index is 5.78. The highest BCUT2D eigenvalue weighted by molar-refractivity contribution is 7.15. The average molecular weight is 222 g/mol. The summed E-state index contributed by atoms with van der Waals surface area (Å²) in [5.41, 5.74) is 7.71. The molecule has 1 spiro atoms. The quantitative estimate of drug-likeness (QED) is 0.732. The molecule has 1 fully saturated rings. The first-order valence-electron chi connectivity index (χ1n) is 6.02. The molecule has 0 atom stereocenters. The van der Waals surface area contributed by atoms with Crippen LogP contribution < -0.4 is 5.73 Å². The fraction of sp³-hybridized carbons (Fsp3) is 0.750. The van der Waals surface area contributed by atoms with Crippen molar-refractivity contribution in [3.8, 4) is 0 Å². The summed E-state index contributed by atoms with van der Waals surface area (Å²) in [6.45, 7) is 0. The average Bonchev–Trinajstić information content (AvgIpc) is 2.58. The lowest BCUT2D eigenvalue weighted by Crippen LogP contribution is -2.30. The van der Waals surface area contributed by atoms with Crippen molar-refractivity contribution < 1.29 is 0 Å². The van der Waals surface area contributed by atoms with Gasteiger partial charge in [-0.25, -0.2) is 4.98 Å². The molecule has 0 radical (unpaired) electrons. The molecule has 0 aromatic carbocycles. The van der Waals surface area contributed by atoms with Gasteiger partial charge in [0.15, 0.2) is 5.13 Å². The van der Waals surface area contributed by atoms with E-state index >= 15 is 0 Å². The molecule has 1 aromatic heterocycles. The summed E-state index contributed by atoms with van der Waals surface area (Å²) < 4.78 is 0. The summed E-state index contributed by atoms with van der Waals surface area (Å²) in [6, 6.07) is 0. The van der Waals surface area contributed by atoms with Crippen LogP contribution in [-0.4, -0.2) is 4.98 Å². The first-order valence-corrected chi connectivity index (χ1v) is 6.83. The summed E-state index contributed by atoms with van der Waals surface area (Å²) in [6.07, 6.45) is 11.0. The van der Waals surface area contributed by atoms with E-state index in [2.05, 4.69) is 4.98 Å². The van der Waals surface area contributed by atoms with Gasteiger partial charge in [-0.2, -0.15) is 0 Å². The summed E-state index contributed by atoms with van der Waals surface area (Å²) in [5, 5.41) is 0.771. The van der Waals surface area contributed by atoms with Gasteiger partial charge in [-0.1, -0.05) is 19.3 Å². The minimum absolute atomic E-state index is 0.629. The van der Waals surface area contributed by atoms with Gasteiger partial charge in [0.25, 0.3) is 0 Å². The molecule has 2 nitrogen and oxygen atoms in total. The van der Waals surface area contributed by atoms with Gasteiger partial charge in [-0.15, -0.1) is 11.3 Å². The lowest BCUT2D eigenvalue weighted by molar-refractivity contribution is 0.163. The molecule has 82 valence electrons. The molecule has 0 unspecified atom stereocenters. The SMILES string of the molecule is Nc1nc2c(s1)CC1(CCCCC1)CC2. The Morgan fingerprint density at radius 2 is 1.93 bits per heavy atom. The van der Waals surface area contributed by atoms with Crippen LogP contribution in [0.25, 0.3) is 0 Å². The maximum atomic E-state index is 5.78. The zero-order chi connectivity index (χ0) is 10.3. The van der Waals surface area contributed by atoms with Crippen molar-refractivity contribution in [1.82, 2.24) is 4.98 Å². The summed E-state index contributed by atoms with van der Waals surface area (Å²) >= 11 is 1.72. The molecule has 1 heterocycles. The van der Waals surface area contributed by atoms with Crippen molar-refractivity contribution in [3.05, 3.63) is 10.6 Å².